The quantitative estimate of drug-likeness (QED) is 0.394. The van der Waals surface area contributed by atoms with Gasteiger partial charge >= 0.3 is 0 Å². The summed E-state index contributed by atoms with van der Waals surface area (Å²) in [5.41, 5.74) is 5.53. The second-order valence-corrected chi connectivity index (χ2v) is 4.32. The van der Waals surface area contributed by atoms with Gasteiger partial charge < -0.3 is 4.84 Å². The fourth-order valence-corrected chi connectivity index (χ4v) is 2.31. The van der Waals surface area contributed by atoms with Gasteiger partial charge in [-0.15, -0.1) is 12.3 Å². The van der Waals surface area contributed by atoms with Gasteiger partial charge in [-0.1, -0.05) is 53.7 Å². The van der Waals surface area contributed by atoms with Gasteiger partial charge in [0.15, 0.2) is 0 Å². The molecule has 0 bridgehead atoms. The number of hydrogen-bond acceptors (Lipinski definition) is 2. The molecule has 0 aliphatic heterocycles. The molecule has 0 atom stereocenters. The Labute approximate surface area is 112 Å². The Morgan fingerprint density at radius 1 is 0.895 bits per heavy atom. The number of oxime groups is 1. The lowest BCUT2D eigenvalue weighted by atomic mass is 10.1. The molecule has 0 saturated heterocycles. The van der Waals surface area contributed by atoms with Crippen LogP contribution in [0.3, 0.4) is 0 Å². The van der Waals surface area contributed by atoms with E-state index >= 15 is 0 Å². The highest BCUT2D eigenvalue weighted by molar-refractivity contribution is 6.24. The van der Waals surface area contributed by atoms with E-state index in [1.54, 1.807) is 0 Å². The van der Waals surface area contributed by atoms with E-state index in [1.165, 1.54) is 11.1 Å². The molecule has 3 rings (SSSR count). The lowest BCUT2D eigenvalue weighted by Crippen LogP contribution is -2.00. The van der Waals surface area contributed by atoms with Crippen LogP contribution in [0, 0.1) is 12.3 Å². The van der Waals surface area contributed by atoms with Gasteiger partial charge in [0.25, 0.3) is 0 Å². The number of fused-ring (bicyclic) bond motifs is 3. The molecule has 0 spiro atoms. The summed E-state index contributed by atoms with van der Waals surface area (Å²) < 4.78 is 0. The van der Waals surface area contributed by atoms with E-state index in [1.807, 2.05) is 24.3 Å². The predicted molar refractivity (Wildman–Crippen MR) is 76.9 cm³/mol. The molecule has 1 aliphatic carbocycles. The van der Waals surface area contributed by atoms with Crippen LogP contribution in [0.1, 0.15) is 17.5 Å². The topological polar surface area (TPSA) is 21.6 Å². The molecule has 0 unspecified atom stereocenters. The number of hydrogen-bond donors (Lipinski definition) is 0. The molecule has 0 radical (unpaired) electrons. The third kappa shape index (κ3) is 2.00. The molecule has 0 aromatic heterocycles. The van der Waals surface area contributed by atoms with Crippen LogP contribution in [0.25, 0.3) is 11.1 Å². The maximum atomic E-state index is 5.32. The lowest BCUT2D eigenvalue weighted by molar-refractivity contribution is 0.151. The summed E-state index contributed by atoms with van der Waals surface area (Å²) in [4.78, 5) is 5.32. The van der Waals surface area contributed by atoms with Crippen molar-refractivity contribution in [2.45, 2.75) is 6.42 Å². The summed E-state index contributed by atoms with van der Waals surface area (Å²) in [6, 6.07) is 16.5. The van der Waals surface area contributed by atoms with Gasteiger partial charge in [0.1, 0.15) is 12.3 Å². The Hall–Kier alpha value is -2.53. The van der Waals surface area contributed by atoms with E-state index in [0.717, 1.165) is 16.8 Å². The summed E-state index contributed by atoms with van der Waals surface area (Å²) in [5, 5.41) is 4.26. The SMILES string of the molecule is C#CCCON=C1c2ccccc2-c2ccccc21. The largest absolute Gasteiger partial charge is 0.394 e. The third-order valence-corrected chi connectivity index (χ3v) is 3.15. The summed E-state index contributed by atoms with van der Waals surface area (Å²) >= 11 is 0. The molecule has 1 aliphatic rings. The molecule has 0 heterocycles. The van der Waals surface area contributed by atoms with Crippen LogP contribution in [0.5, 0.6) is 0 Å². The minimum absolute atomic E-state index is 0.449. The summed E-state index contributed by atoms with van der Waals surface area (Å²) in [5.74, 6) is 2.54. The standard InChI is InChI=1S/C17H13NO/c1-2-3-12-19-18-17-15-10-6-4-8-13(15)14-9-5-7-11-16(14)17/h1,4-11H,3,12H2. The Kier molecular flexibility index (Phi) is 3.04. The van der Waals surface area contributed by atoms with Crippen molar-refractivity contribution in [1.29, 1.82) is 0 Å². The zero-order valence-corrected chi connectivity index (χ0v) is 10.5. The zero-order valence-electron chi connectivity index (χ0n) is 10.5. The van der Waals surface area contributed by atoms with E-state index in [2.05, 4.69) is 35.3 Å². The van der Waals surface area contributed by atoms with E-state index in [-0.39, 0.29) is 0 Å². The van der Waals surface area contributed by atoms with Gasteiger partial charge in [-0.2, -0.15) is 0 Å². The van der Waals surface area contributed by atoms with Gasteiger partial charge in [-0.3, -0.25) is 0 Å². The van der Waals surface area contributed by atoms with Crippen LogP contribution in [-0.4, -0.2) is 12.3 Å². The van der Waals surface area contributed by atoms with Crippen molar-refractivity contribution in [3.8, 4) is 23.5 Å². The number of terminal acetylenes is 1. The van der Waals surface area contributed by atoms with Crippen LogP contribution in [-0.2, 0) is 4.84 Å². The molecule has 19 heavy (non-hydrogen) atoms. The number of rotatable bonds is 3. The summed E-state index contributed by atoms with van der Waals surface area (Å²) in [6.07, 6.45) is 5.77. The van der Waals surface area contributed by atoms with Crippen molar-refractivity contribution in [3.05, 3.63) is 59.7 Å². The normalized spacial score (nSPS) is 11.4. The Morgan fingerprint density at radius 3 is 1.95 bits per heavy atom. The van der Waals surface area contributed by atoms with Gasteiger partial charge in [0.05, 0.1) is 0 Å². The fourth-order valence-electron chi connectivity index (χ4n) is 2.31. The Bertz CT molecular complexity index is 632. The van der Waals surface area contributed by atoms with E-state index in [0.29, 0.717) is 13.0 Å². The zero-order chi connectivity index (χ0) is 13.1. The maximum absolute atomic E-state index is 5.32. The van der Waals surface area contributed by atoms with E-state index in [4.69, 9.17) is 11.3 Å². The molecule has 0 amide bonds. The van der Waals surface area contributed by atoms with Gasteiger partial charge in [-0.25, -0.2) is 0 Å². The van der Waals surface area contributed by atoms with Crippen molar-refractivity contribution >= 4 is 5.71 Å². The molecule has 2 nitrogen and oxygen atoms in total. The fraction of sp³-hybridized carbons (Fsp3) is 0.118. The van der Waals surface area contributed by atoms with Crippen LogP contribution >= 0.6 is 0 Å². The monoisotopic (exact) mass is 247 g/mol. The Morgan fingerprint density at radius 2 is 1.42 bits per heavy atom. The van der Waals surface area contributed by atoms with E-state index in [9.17, 15) is 0 Å². The predicted octanol–water partition coefficient (Wildman–Crippen LogP) is 3.46. The molecule has 2 aromatic carbocycles. The first-order valence-corrected chi connectivity index (χ1v) is 6.24. The van der Waals surface area contributed by atoms with E-state index < -0.39 is 0 Å². The molecular formula is C17H13NO. The summed E-state index contributed by atoms with van der Waals surface area (Å²) in [6.45, 7) is 0.449. The first-order valence-electron chi connectivity index (χ1n) is 6.24. The maximum Gasteiger partial charge on any atom is 0.128 e. The van der Waals surface area contributed by atoms with Gasteiger partial charge in [0, 0.05) is 17.5 Å². The van der Waals surface area contributed by atoms with Gasteiger partial charge in [-0.05, 0) is 11.1 Å². The number of nitrogens with zero attached hydrogens (tertiary/aromatic N) is 1. The van der Waals surface area contributed by atoms with Crippen LogP contribution in [0.4, 0.5) is 0 Å². The molecule has 92 valence electrons. The molecule has 0 fully saturated rings. The molecule has 0 saturated carbocycles. The minimum atomic E-state index is 0.449. The Balaban J connectivity index is 2.03. The number of benzene rings is 2. The van der Waals surface area contributed by atoms with Crippen LogP contribution < -0.4 is 0 Å². The second kappa shape index (κ2) is 4.99. The first kappa shape index (κ1) is 11.6. The minimum Gasteiger partial charge on any atom is -0.394 e. The average molecular weight is 247 g/mol. The highest BCUT2D eigenvalue weighted by Crippen LogP contribution is 2.36. The van der Waals surface area contributed by atoms with Crippen LogP contribution in [0.2, 0.25) is 0 Å². The highest BCUT2D eigenvalue weighted by atomic mass is 16.6. The van der Waals surface area contributed by atoms with Crippen molar-refractivity contribution in [1.82, 2.24) is 0 Å². The molecular weight excluding hydrogens is 234 g/mol. The lowest BCUT2D eigenvalue weighted by Gasteiger charge is -2.01. The molecule has 2 aromatic rings. The van der Waals surface area contributed by atoms with Crippen molar-refractivity contribution in [3.63, 3.8) is 0 Å². The first-order chi connectivity index (χ1) is 9.42. The van der Waals surface area contributed by atoms with Crippen molar-refractivity contribution < 1.29 is 4.84 Å². The second-order valence-electron chi connectivity index (χ2n) is 4.32. The molecule has 0 N–H and O–H groups in total. The summed E-state index contributed by atoms with van der Waals surface area (Å²) in [7, 11) is 0. The smallest absolute Gasteiger partial charge is 0.128 e. The molecule has 2 heteroatoms. The van der Waals surface area contributed by atoms with Gasteiger partial charge in [0.2, 0.25) is 0 Å². The van der Waals surface area contributed by atoms with Crippen molar-refractivity contribution in [2.24, 2.45) is 5.16 Å². The third-order valence-electron chi connectivity index (χ3n) is 3.15. The average Bonchev–Trinajstić information content (AvgIpc) is 2.78. The highest BCUT2D eigenvalue weighted by Gasteiger charge is 2.24. The van der Waals surface area contributed by atoms with Crippen molar-refractivity contribution in [2.75, 3.05) is 6.61 Å². The van der Waals surface area contributed by atoms with Crippen LogP contribution in [0.15, 0.2) is 53.7 Å².